The van der Waals surface area contributed by atoms with Gasteiger partial charge in [-0.25, -0.2) is 0 Å². The van der Waals surface area contributed by atoms with Gasteiger partial charge >= 0.3 is 0 Å². The maximum atomic E-state index is 8.89. The molecule has 3 nitrogen and oxygen atoms in total. The summed E-state index contributed by atoms with van der Waals surface area (Å²) in [6.07, 6.45) is 13.5. The van der Waals surface area contributed by atoms with E-state index in [-0.39, 0.29) is 0 Å². The van der Waals surface area contributed by atoms with Gasteiger partial charge in [-0.05, 0) is 26.2 Å². The van der Waals surface area contributed by atoms with Crippen LogP contribution in [0.1, 0.15) is 52.9 Å². The fraction of sp³-hybridized carbons (Fsp3) is 0.643. The van der Waals surface area contributed by atoms with Crippen molar-refractivity contribution in [3.05, 3.63) is 24.0 Å². The van der Waals surface area contributed by atoms with E-state index in [1.807, 2.05) is 0 Å². The van der Waals surface area contributed by atoms with E-state index in [0.29, 0.717) is 0 Å². The standard InChI is InChI=1S/C12H21N.C2H4O2/c1-3-5-6-9-13-10-8-12(11-13)7-4-2;1-2(3)4/h8,10-11H,3-7,9H2,1-2H3;1H3,(H,3,4). The van der Waals surface area contributed by atoms with E-state index in [2.05, 4.69) is 32.3 Å². The first kappa shape index (κ1) is 15.9. The van der Waals surface area contributed by atoms with Crippen molar-refractivity contribution in [2.24, 2.45) is 0 Å². The number of allylic oxidation sites excluding steroid dienone is 2. The Balaban J connectivity index is 0.000000557. The van der Waals surface area contributed by atoms with Gasteiger partial charge in [0.25, 0.3) is 0 Å². The maximum Gasteiger partial charge on any atom is 0.102 e. The highest BCUT2D eigenvalue weighted by Gasteiger charge is 2.09. The molecule has 0 aromatic heterocycles. The lowest BCUT2D eigenvalue weighted by Crippen LogP contribution is -3.01. The second-order valence-electron chi connectivity index (χ2n) is 4.33. The van der Waals surface area contributed by atoms with Gasteiger partial charge in [0.2, 0.25) is 0 Å². The Bertz CT molecular complexity index is 265. The highest BCUT2D eigenvalue weighted by molar-refractivity contribution is 5.60. The number of unbranched alkanes of at least 4 members (excludes halogenated alkanes) is 2. The number of aliphatic carboxylic acids is 1. The van der Waals surface area contributed by atoms with E-state index in [1.165, 1.54) is 49.1 Å². The Morgan fingerprint density at radius 2 is 1.94 bits per heavy atom. The molecule has 1 unspecified atom stereocenters. The van der Waals surface area contributed by atoms with Crippen molar-refractivity contribution in [2.75, 3.05) is 6.54 Å². The first-order valence-electron chi connectivity index (χ1n) is 6.52. The van der Waals surface area contributed by atoms with Gasteiger partial charge in [-0.3, -0.25) is 4.90 Å². The van der Waals surface area contributed by atoms with Gasteiger partial charge in [0.05, 0.1) is 12.7 Å². The number of hydrogen-bond donors (Lipinski definition) is 1. The highest BCUT2D eigenvalue weighted by atomic mass is 16.4. The number of carboxylic acids is 1. The molecular formula is C14H25NO2. The van der Waals surface area contributed by atoms with Crippen LogP contribution in [0.25, 0.3) is 0 Å². The van der Waals surface area contributed by atoms with Crippen molar-refractivity contribution in [1.82, 2.24) is 0 Å². The van der Waals surface area contributed by atoms with Gasteiger partial charge in [0, 0.05) is 17.6 Å². The smallest absolute Gasteiger partial charge is 0.102 e. The minimum absolute atomic E-state index is 0.972. The van der Waals surface area contributed by atoms with Crippen molar-refractivity contribution >= 4 is 5.97 Å². The molecule has 0 saturated carbocycles. The Hall–Kier alpha value is -1.09. The van der Waals surface area contributed by atoms with Gasteiger partial charge in [-0.15, -0.1) is 0 Å². The molecule has 1 heterocycles. The normalized spacial score (nSPS) is 17.4. The lowest BCUT2D eigenvalue weighted by Gasteiger charge is -2.05. The predicted octanol–water partition coefficient (Wildman–Crippen LogP) is 1.03. The van der Waals surface area contributed by atoms with Gasteiger partial charge in [0.1, 0.15) is 6.20 Å². The van der Waals surface area contributed by atoms with Crippen molar-refractivity contribution in [3.63, 3.8) is 0 Å². The summed E-state index contributed by atoms with van der Waals surface area (Å²) < 4.78 is 0. The zero-order chi connectivity index (χ0) is 13.1. The van der Waals surface area contributed by atoms with Gasteiger partial charge in [-0.2, -0.15) is 0 Å². The molecule has 17 heavy (non-hydrogen) atoms. The topological polar surface area (TPSA) is 44.6 Å². The SMILES string of the molecule is CC(=O)[O-].CCCCC[NH+]1C=CC(CCC)=C1. The minimum atomic E-state index is -1.08. The van der Waals surface area contributed by atoms with E-state index in [1.54, 1.807) is 0 Å². The Kier molecular flexibility index (Phi) is 9.44. The zero-order valence-corrected chi connectivity index (χ0v) is 11.3. The average molecular weight is 239 g/mol. The van der Waals surface area contributed by atoms with Crippen LogP contribution in [0.2, 0.25) is 0 Å². The lowest BCUT2D eigenvalue weighted by molar-refractivity contribution is -0.788. The predicted molar refractivity (Wildman–Crippen MR) is 68.2 cm³/mol. The van der Waals surface area contributed by atoms with Crippen molar-refractivity contribution < 1.29 is 14.8 Å². The Labute approximate surface area is 105 Å². The van der Waals surface area contributed by atoms with Crippen LogP contribution < -0.4 is 10.0 Å². The molecule has 0 saturated heterocycles. The first-order valence-corrected chi connectivity index (χ1v) is 6.52. The quantitative estimate of drug-likeness (QED) is 0.704. The third-order valence-electron chi connectivity index (χ3n) is 2.49. The molecule has 0 spiro atoms. The molecule has 0 aromatic rings. The third kappa shape index (κ3) is 9.82. The number of carbonyl (C=O) groups is 1. The summed E-state index contributed by atoms with van der Waals surface area (Å²) in [5, 5.41) is 8.89. The Morgan fingerprint density at radius 3 is 2.47 bits per heavy atom. The van der Waals surface area contributed by atoms with Crippen LogP contribution in [0.15, 0.2) is 24.0 Å². The highest BCUT2D eigenvalue weighted by Crippen LogP contribution is 2.06. The van der Waals surface area contributed by atoms with Crippen LogP contribution in [0.3, 0.4) is 0 Å². The number of carbonyl (C=O) groups excluding carboxylic acids is 1. The second kappa shape index (κ2) is 10.1. The fourth-order valence-corrected chi connectivity index (χ4v) is 1.73. The van der Waals surface area contributed by atoms with Gasteiger partial charge in [0.15, 0.2) is 0 Å². The van der Waals surface area contributed by atoms with Crippen LogP contribution in [-0.2, 0) is 4.79 Å². The molecule has 0 aliphatic carbocycles. The van der Waals surface area contributed by atoms with Crippen LogP contribution in [0.5, 0.6) is 0 Å². The number of carboxylic acid groups (broad SMARTS) is 1. The van der Waals surface area contributed by atoms with Crippen LogP contribution in [-0.4, -0.2) is 12.5 Å². The van der Waals surface area contributed by atoms with E-state index in [4.69, 9.17) is 9.90 Å². The molecule has 1 atom stereocenters. The number of nitrogens with one attached hydrogen (secondary N) is 1. The number of rotatable bonds is 6. The molecule has 0 radical (unpaired) electrons. The summed E-state index contributed by atoms with van der Waals surface area (Å²) in [4.78, 5) is 10.4. The minimum Gasteiger partial charge on any atom is -0.550 e. The zero-order valence-electron chi connectivity index (χ0n) is 11.3. The van der Waals surface area contributed by atoms with Crippen LogP contribution in [0, 0.1) is 0 Å². The van der Waals surface area contributed by atoms with Gasteiger partial charge in [-0.1, -0.05) is 26.7 Å². The molecule has 0 aromatic carbocycles. The van der Waals surface area contributed by atoms with E-state index in [0.717, 1.165) is 6.92 Å². The van der Waals surface area contributed by atoms with Gasteiger partial charge < -0.3 is 9.90 Å². The number of quaternary nitrogens is 1. The summed E-state index contributed by atoms with van der Waals surface area (Å²) in [7, 11) is 0. The molecule has 0 amide bonds. The molecule has 0 fully saturated rings. The maximum absolute atomic E-state index is 8.89. The van der Waals surface area contributed by atoms with E-state index >= 15 is 0 Å². The van der Waals surface area contributed by atoms with Crippen LogP contribution in [0.4, 0.5) is 0 Å². The average Bonchev–Trinajstić information content (AvgIpc) is 2.66. The molecule has 98 valence electrons. The van der Waals surface area contributed by atoms with Crippen molar-refractivity contribution in [1.29, 1.82) is 0 Å². The fourth-order valence-electron chi connectivity index (χ4n) is 1.73. The lowest BCUT2D eigenvalue weighted by atomic mass is 10.2. The summed E-state index contributed by atoms with van der Waals surface area (Å²) in [6, 6.07) is 0. The van der Waals surface area contributed by atoms with Crippen molar-refractivity contribution in [3.8, 4) is 0 Å². The molecule has 1 aliphatic rings. The first-order chi connectivity index (χ1) is 8.10. The number of hydrogen-bond acceptors (Lipinski definition) is 2. The molecule has 1 N–H and O–H groups in total. The Morgan fingerprint density at radius 1 is 1.29 bits per heavy atom. The van der Waals surface area contributed by atoms with Crippen molar-refractivity contribution in [2.45, 2.75) is 52.9 Å². The monoisotopic (exact) mass is 239 g/mol. The summed E-state index contributed by atoms with van der Waals surface area (Å²) in [5.41, 5.74) is 1.52. The third-order valence-corrected chi connectivity index (χ3v) is 2.49. The summed E-state index contributed by atoms with van der Waals surface area (Å²) in [6.45, 7) is 6.74. The molecule has 1 rings (SSSR count). The molecular weight excluding hydrogens is 214 g/mol. The summed E-state index contributed by atoms with van der Waals surface area (Å²) >= 11 is 0. The van der Waals surface area contributed by atoms with E-state index in [9.17, 15) is 0 Å². The molecule has 0 bridgehead atoms. The van der Waals surface area contributed by atoms with E-state index < -0.39 is 5.97 Å². The molecule has 1 aliphatic heterocycles. The second-order valence-corrected chi connectivity index (χ2v) is 4.33. The summed E-state index contributed by atoms with van der Waals surface area (Å²) in [5.74, 6) is -1.08. The van der Waals surface area contributed by atoms with Crippen LogP contribution >= 0.6 is 0 Å². The largest absolute Gasteiger partial charge is 0.550 e. The molecule has 3 heteroatoms.